The molecule has 0 atom stereocenters. The van der Waals surface area contributed by atoms with Crippen molar-refractivity contribution in [3.63, 3.8) is 0 Å². The van der Waals surface area contributed by atoms with E-state index in [1.165, 1.54) is 11.1 Å². The summed E-state index contributed by atoms with van der Waals surface area (Å²) in [5.41, 5.74) is 3.49. The molecule has 2 aromatic rings. The Hall–Kier alpha value is -1.19. The second-order valence-electron chi connectivity index (χ2n) is 4.28. The van der Waals surface area contributed by atoms with Gasteiger partial charge in [0.25, 0.3) is 0 Å². The molecule has 0 bridgehead atoms. The number of hydrogen-bond donors (Lipinski definition) is 1. The number of halogens is 2. The van der Waals surface area contributed by atoms with Crippen LogP contribution in [0.1, 0.15) is 16.7 Å². The summed E-state index contributed by atoms with van der Waals surface area (Å²) < 4.78 is 13.8. The highest BCUT2D eigenvalue weighted by Gasteiger charge is 2.01. The number of aryl methyl sites for hydroxylation is 1. The van der Waals surface area contributed by atoms with Crippen molar-refractivity contribution in [2.24, 2.45) is 0 Å². The molecule has 1 nitrogen and oxygen atoms in total. The molecule has 0 aliphatic rings. The fourth-order valence-electron chi connectivity index (χ4n) is 1.80. The van der Waals surface area contributed by atoms with Gasteiger partial charge < -0.3 is 5.32 Å². The van der Waals surface area contributed by atoms with Gasteiger partial charge in [-0.2, -0.15) is 0 Å². The summed E-state index contributed by atoms with van der Waals surface area (Å²) >= 11 is 3.15. The lowest BCUT2D eigenvalue weighted by Crippen LogP contribution is -2.13. The van der Waals surface area contributed by atoms with E-state index < -0.39 is 0 Å². The molecule has 2 aromatic carbocycles. The molecule has 0 amide bonds. The summed E-state index contributed by atoms with van der Waals surface area (Å²) in [7, 11) is 0. The van der Waals surface area contributed by atoms with Gasteiger partial charge in [-0.15, -0.1) is 0 Å². The van der Waals surface area contributed by atoms with E-state index in [1.54, 1.807) is 12.1 Å². The van der Waals surface area contributed by atoms with Gasteiger partial charge in [-0.1, -0.05) is 30.3 Å². The van der Waals surface area contributed by atoms with Gasteiger partial charge in [0.15, 0.2) is 0 Å². The maximum Gasteiger partial charge on any atom is 0.137 e. The Morgan fingerprint density at radius 1 is 1.11 bits per heavy atom. The largest absolute Gasteiger partial charge is 0.309 e. The Labute approximate surface area is 115 Å². The monoisotopic (exact) mass is 307 g/mol. The summed E-state index contributed by atoms with van der Waals surface area (Å²) in [6.07, 6.45) is 0. The third-order valence-electron chi connectivity index (χ3n) is 2.89. The zero-order chi connectivity index (χ0) is 13.0. The smallest absolute Gasteiger partial charge is 0.137 e. The summed E-state index contributed by atoms with van der Waals surface area (Å²) in [6, 6.07) is 13.5. The molecule has 94 valence electrons. The van der Waals surface area contributed by atoms with Crippen molar-refractivity contribution in [3.05, 3.63) is 69.4 Å². The fraction of sp³-hybridized carbons (Fsp3) is 0.200. The van der Waals surface area contributed by atoms with Crippen molar-refractivity contribution in [1.29, 1.82) is 0 Å². The summed E-state index contributed by atoms with van der Waals surface area (Å²) in [6.45, 7) is 3.55. The molecule has 0 spiro atoms. The minimum Gasteiger partial charge on any atom is -0.309 e. The van der Waals surface area contributed by atoms with Crippen LogP contribution in [0.4, 0.5) is 4.39 Å². The zero-order valence-corrected chi connectivity index (χ0v) is 11.8. The van der Waals surface area contributed by atoms with Crippen molar-refractivity contribution in [2.45, 2.75) is 20.0 Å². The van der Waals surface area contributed by atoms with Gasteiger partial charge in [-0.25, -0.2) is 4.39 Å². The van der Waals surface area contributed by atoms with E-state index in [0.717, 1.165) is 12.1 Å². The van der Waals surface area contributed by atoms with Crippen molar-refractivity contribution in [2.75, 3.05) is 0 Å². The van der Waals surface area contributed by atoms with Gasteiger partial charge in [0.2, 0.25) is 0 Å². The van der Waals surface area contributed by atoms with E-state index in [0.29, 0.717) is 11.0 Å². The first-order valence-electron chi connectivity index (χ1n) is 5.86. The van der Waals surface area contributed by atoms with E-state index in [4.69, 9.17) is 0 Å². The molecule has 3 heteroatoms. The Bertz CT molecular complexity index is 540. The molecule has 0 aliphatic carbocycles. The summed E-state index contributed by atoms with van der Waals surface area (Å²) in [5.74, 6) is -0.217. The van der Waals surface area contributed by atoms with Crippen LogP contribution in [0.15, 0.2) is 46.9 Å². The molecule has 0 radical (unpaired) electrons. The van der Waals surface area contributed by atoms with E-state index >= 15 is 0 Å². The van der Waals surface area contributed by atoms with Crippen LogP contribution >= 0.6 is 15.9 Å². The highest BCUT2D eigenvalue weighted by atomic mass is 79.9. The van der Waals surface area contributed by atoms with E-state index in [1.807, 2.05) is 18.2 Å². The van der Waals surface area contributed by atoms with Crippen LogP contribution in [0.5, 0.6) is 0 Å². The molecule has 0 fully saturated rings. The minimum absolute atomic E-state index is 0.217. The van der Waals surface area contributed by atoms with E-state index in [-0.39, 0.29) is 5.82 Å². The molecule has 0 heterocycles. The third kappa shape index (κ3) is 3.40. The zero-order valence-electron chi connectivity index (χ0n) is 10.2. The van der Waals surface area contributed by atoms with Crippen LogP contribution < -0.4 is 5.32 Å². The molecule has 0 saturated heterocycles. The second kappa shape index (κ2) is 6.12. The Morgan fingerprint density at radius 2 is 1.89 bits per heavy atom. The molecular formula is C15H15BrFN. The lowest BCUT2D eigenvalue weighted by Gasteiger charge is -2.08. The lowest BCUT2D eigenvalue weighted by atomic mass is 10.1. The highest BCUT2D eigenvalue weighted by Crippen LogP contribution is 2.16. The lowest BCUT2D eigenvalue weighted by molar-refractivity contribution is 0.613. The molecular weight excluding hydrogens is 293 g/mol. The van der Waals surface area contributed by atoms with Crippen molar-refractivity contribution in [3.8, 4) is 0 Å². The Balaban J connectivity index is 1.92. The van der Waals surface area contributed by atoms with E-state index in [2.05, 4.69) is 40.3 Å². The van der Waals surface area contributed by atoms with Crippen LogP contribution in [-0.4, -0.2) is 0 Å². The standard InChI is InChI=1S/C15H15BrFN/c1-11-4-2-3-5-13(11)10-18-9-12-6-7-14(16)15(17)8-12/h2-8,18H,9-10H2,1H3. The minimum atomic E-state index is -0.217. The van der Waals surface area contributed by atoms with Crippen molar-refractivity contribution < 1.29 is 4.39 Å². The predicted molar refractivity (Wildman–Crippen MR) is 75.8 cm³/mol. The van der Waals surface area contributed by atoms with E-state index in [9.17, 15) is 4.39 Å². The number of hydrogen-bond acceptors (Lipinski definition) is 1. The second-order valence-corrected chi connectivity index (χ2v) is 5.13. The molecule has 0 unspecified atom stereocenters. The van der Waals surface area contributed by atoms with Gasteiger partial charge in [0, 0.05) is 13.1 Å². The van der Waals surface area contributed by atoms with Gasteiger partial charge in [-0.05, 0) is 51.7 Å². The van der Waals surface area contributed by atoms with Crippen LogP contribution in [0.25, 0.3) is 0 Å². The fourth-order valence-corrected chi connectivity index (χ4v) is 2.05. The summed E-state index contributed by atoms with van der Waals surface area (Å²) in [5, 5.41) is 3.32. The predicted octanol–water partition coefficient (Wildman–Crippen LogP) is 4.19. The first kappa shape index (κ1) is 13.2. The topological polar surface area (TPSA) is 12.0 Å². The molecule has 0 saturated carbocycles. The van der Waals surface area contributed by atoms with Gasteiger partial charge in [0.05, 0.1) is 4.47 Å². The number of nitrogens with one attached hydrogen (secondary N) is 1. The summed E-state index contributed by atoms with van der Waals surface area (Å²) in [4.78, 5) is 0. The average molecular weight is 308 g/mol. The molecule has 1 N–H and O–H groups in total. The molecule has 0 aromatic heterocycles. The van der Waals surface area contributed by atoms with Crippen molar-refractivity contribution >= 4 is 15.9 Å². The normalized spacial score (nSPS) is 10.6. The number of benzene rings is 2. The van der Waals surface area contributed by atoms with Gasteiger partial charge >= 0.3 is 0 Å². The molecule has 2 rings (SSSR count). The molecule has 18 heavy (non-hydrogen) atoms. The highest BCUT2D eigenvalue weighted by molar-refractivity contribution is 9.10. The SMILES string of the molecule is Cc1ccccc1CNCc1ccc(Br)c(F)c1. The van der Waals surface area contributed by atoms with Gasteiger partial charge in [0.1, 0.15) is 5.82 Å². The third-order valence-corrected chi connectivity index (χ3v) is 3.53. The first-order chi connectivity index (χ1) is 8.66. The Kier molecular flexibility index (Phi) is 4.50. The Morgan fingerprint density at radius 3 is 2.61 bits per heavy atom. The number of rotatable bonds is 4. The average Bonchev–Trinajstić information content (AvgIpc) is 2.36. The first-order valence-corrected chi connectivity index (χ1v) is 6.65. The maximum absolute atomic E-state index is 13.3. The van der Waals surface area contributed by atoms with Crippen LogP contribution in [-0.2, 0) is 13.1 Å². The van der Waals surface area contributed by atoms with Crippen molar-refractivity contribution in [1.82, 2.24) is 5.32 Å². The van der Waals surface area contributed by atoms with Crippen LogP contribution in [0.2, 0.25) is 0 Å². The maximum atomic E-state index is 13.3. The van der Waals surface area contributed by atoms with Crippen LogP contribution in [0, 0.1) is 12.7 Å². The molecule has 0 aliphatic heterocycles. The quantitative estimate of drug-likeness (QED) is 0.893. The van der Waals surface area contributed by atoms with Gasteiger partial charge in [-0.3, -0.25) is 0 Å². The van der Waals surface area contributed by atoms with Crippen LogP contribution in [0.3, 0.4) is 0 Å².